The summed E-state index contributed by atoms with van der Waals surface area (Å²) < 4.78 is 4.90. The number of rotatable bonds is 2. The summed E-state index contributed by atoms with van der Waals surface area (Å²) in [5.41, 5.74) is 2.40. The lowest BCUT2D eigenvalue weighted by Gasteiger charge is -2.29. The molecule has 0 aliphatic carbocycles. The Labute approximate surface area is 77.0 Å². The molecule has 0 bridgehead atoms. The van der Waals surface area contributed by atoms with Crippen molar-refractivity contribution in [3.8, 4) is 0 Å². The molecule has 0 radical (unpaired) electrons. The number of carbonyl (C=O) groups excluding carboxylic acids is 2. The normalized spacial score (nSPS) is 23.1. The lowest BCUT2D eigenvalue weighted by molar-refractivity contribution is -0.140. The molecule has 0 spiro atoms. The molecule has 1 unspecified atom stereocenters. The molecule has 1 heterocycles. The van der Waals surface area contributed by atoms with Gasteiger partial charge in [-0.2, -0.15) is 0 Å². The average molecular weight is 186 g/mol. The second-order valence-corrected chi connectivity index (χ2v) is 3.54. The summed E-state index contributed by atoms with van der Waals surface area (Å²) in [4.78, 5) is 22.3. The Bertz CT molecular complexity index is 227. The Kier molecular flexibility index (Phi) is 2.75. The SMILES string of the molecule is CC(C)CC1OC(=O)N(C)NC1=O. The molecular weight excluding hydrogens is 172 g/mol. The molecule has 2 amide bonds. The molecule has 13 heavy (non-hydrogen) atoms. The Morgan fingerprint density at radius 3 is 2.69 bits per heavy atom. The van der Waals surface area contributed by atoms with E-state index in [2.05, 4.69) is 5.43 Å². The van der Waals surface area contributed by atoms with E-state index in [4.69, 9.17) is 4.74 Å². The average Bonchev–Trinajstić information content (AvgIpc) is 1.99. The Balaban J connectivity index is 2.56. The minimum atomic E-state index is -0.635. The number of hydrogen-bond acceptors (Lipinski definition) is 3. The zero-order chi connectivity index (χ0) is 10.0. The first-order chi connectivity index (χ1) is 6.00. The Morgan fingerprint density at radius 1 is 1.54 bits per heavy atom. The lowest BCUT2D eigenvalue weighted by atomic mass is 10.1. The van der Waals surface area contributed by atoms with Gasteiger partial charge in [0.1, 0.15) is 0 Å². The number of amides is 2. The highest BCUT2D eigenvalue weighted by atomic mass is 16.6. The van der Waals surface area contributed by atoms with Crippen molar-refractivity contribution >= 4 is 12.0 Å². The third-order valence-corrected chi connectivity index (χ3v) is 1.77. The summed E-state index contributed by atoms with van der Waals surface area (Å²) in [5, 5.41) is 1.04. The number of nitrogens with one attached hydrogen (secondary N) is 1. The van der Waals surface area contributed by atoms with Gasteiger partial charge in [-0.05, 0) is 12.3 Å². The minimum Gasteiger partial charge on any atom is -0.435 e. The van der Waals surface area contributed by atoms with Gasteiger partial charge in [0, 0.05) is 7.05 Å². The van der Waals surface area contributed by atoms with E-state index in [9.17, 15) is 9.59 Å². The van der Waals surface area contributed by atoms with Gasteiger partial charge in [-0.25, -0.2) is 9.80 Å². The molecule has 74 valence electrons. The van der Waals surface area contributed by atoms with Crippen molar-refractivity contribution in [2.75, 3.05) is 7.05 Å². The maximum atomic E-state index is 11.3. The first-order valence-electron chi connectivity index (χ1n) is 4.25. The molecule has 5 heteroatoms. The second kappa shape index (κ2) is 3.64. The van der Waals surface area contributed by atoms with Crippen molar-refractivity contribution in [3.05, 3.63) is 0 Å². The molecule has 1 rings (SSSR count). The number of nitrogens with zero attached hydrogens (tertiary/aromatic N) is 1. The fraction of sp³-hybridized carbons (Fsp3) is 0.750. The summed E-state index contributed by atoms with van der Waals surface area (Å²) in [7, 11) is 1.45. The fourth-order valence-corrected chi connectivity index (χ4v) is 1.12. The van der Waals surface area contributed by atoms with Crippen LogP contribution in [0.4, 0.5) is 4.79 Å². The summed E-state index contributed by atoms with van der Waals surface area (Å²) >= 11 is 0. The predicted octanol–water partition coefficient (Wildman–Crippen LogP) is 0.514. The molecular formula is C8H14N2O3. The number of cyclic esters (lactones) is 1. The van der Waals surface area contributed by atoms with E-state index in [-0.39, 0.29) is 5.91 Å². The van der Waals surface area contributed by atoms with Crippen molar-refractivity contribution in [2.24, 2.45) is 5.92 Å². The molecule has 1 aliphatic heterocycles. The number of hydrazine groups is 1. The molecule has 1 fully saturated rings. The van der Waals surface area contributed by atoms with Crippen molar-refractivity contribution in [1.29, 1.82) is 0 Å². The van der Waals surface area contributed by atoms with Gasteiger partial charge in [-0.15, -0.1) is 0 Å². The highest BCUT2D eigenvalue weighted by Crippen LogP contribution is 2.12. The third-order valence-electron chi connectivity index (χ3n) is 1.77. The second-order valence-electron chi connectivity index (χ2n) is 3.54. The molecule has 0 aromatic heterocycles. The van der Waals surface area contributed by atoms with Gasteiger partial charge in [-0.1, -0.05) is 13.8 Å². The predicted molar refractivity (Wildman–Crippen MR) is 45.6 cm³/mol. The standard InChI is InChI=1S/C8H14N2O3/c1-5(2)4-6-7(11)9-10(3)8(12)13-6/h5-6H,4H2,1-3H3,(H,9,11). The van der Waals surface area contributed by atoms with Crippen LogP contribution in [0.2, 0.25) is 0 Å². The summed E-state index contributed by atoms with van der Waals surface area (Å²) in [6.07, 6.45) is -0.584. The number of ether oxygens (including phenoxy) is 1. The highest BCUT2D eigenvalue weighted by molar-refractivity contribution is 5.87. The van der Waals surface area contributed by atoms with E-state index in [1.54, 1.807) is 0 Å². The van der Waals surface area contributed by atoms with E-state index in [0.29, 0.717) is 12.3 Å². The van der Waals surface area contributed by atoms with Crippen molar-refractivity contribution in [3.63, 3.8) is 0 Å². The van der Waals surface area contributed by atoms with Crippen LogP contribution >= 0.6 is 0 Å². The van der Waals surface area contributed by atoms with Gasteiger partial charge in [0.05, 0.1) is 0 Å². The van der Waals surface area contributed by atoms with Gasteiger partial charge < -0.3 is 4.74 Å². The number of hydrogen-bond donors (Lipinski definition) is 1. The minimum absolute atomic E-state index is 0.254. The van der Waals surface area contributed by atoms with E-state index >= 15 is 0 Å². The molecule has 0 aromatic rings. The Hall–Kier alpha value is -1.26. The molecule has 0 saturated carbocycles. The number of carbonyl (C=O) groups is 2. The largest absolute Gasteiger partial charge is 0.435 e. The van der Waals surface area contributed by atoms with Gasteiger partial charge in [-0.3, -0.25) is 10.2 Å². The molecule has 0 aromatic carbocycles. The lowest BCUT2D eigenvalue weighted by Crippen LogP contribution is -2.55. The van der Waals surface area contributed by atoms with Crippen molar-refractivity contribution in [1.82, 2.24) is 10.4 Å². The van der Waals surface area contributed by atoms with Gasteiger partial charge in [0.2, 0.25) is 0 Å². The quantitative estimate of drug-likeness (QED) is 0.683. The fourth-order valence-electron chi connectivity index (χ4n) is 1.12. The van der Waals surface area contributed by atoms with Gasteiger partial charge >= 0.3 is 6.09 Å². The van der Waals surface area contributed by atoms with Crippen molar-refractivity contribution in [2.45, 2.75) is 26.4 Å². The van der Waals surface area contributed by atoms with E-state index < -0.39 is 12.2 Å². The van der Waals surface area contributed by atoms with E-state index in [1.807, 2.05) is 13.8 Å². The molecule has 1 aliphatic rings. The van der Waals surface area contributed by atoms with E-state index in [1.165, 1.54) is 7.05 Å². The van der Waals surface area contributed by atoms with Crippen LogP contribution in [0.15, 0.2) is 0 Å². The highest BCUT2D eigenvalue weighted by Gasteiger charge is 2.31. The smallest absolute Gasteiger partial charge is 0.429 e. The van der Waals surface area contributed by atoms with Crippen LogP contribution < -0.4 is 5.43 Å². The van der Waals surface area contributed by atoms with Crippen LogP contribution in [-0.2, 0) is 9.53 Å². The first kappa shape index (κ1) is 9.83. The molecule has 1 atom stereocenters. The van der Waals surface area contributed by atoms with Crippen LogP contribution in [0.3, 0.4) is 0 Å². The maximum Gasteiger partial charge on any atom is 0.429 e. The van der Waals surface area contributed by atoms with Gasteiger partial charge in [0.25, 0.3) is 5.91 Å². The zero-order valence-electron chi connectivity index (χ0n) is 8.03. The molecule has 5 nitrogen and oxygen atoms in total. The first-order valence-corrected chi connectivity index (χ1v) is 4.25. The van der Waals surface area contributed by atoms with Gasteiger partial charge in [0.15, 0.2) is 6.10 Å². The topological polar surface area (TPSA) is 58.6 Å². The van der Waals surface area contributed by atoms with Crippen LogP contribution in [0.25, 0.3) is 0 Å². The third kappa shape index (κ3) is 2.34. The summed E-state index contributed by atoms with van der Waals surface area (Å²) in [5.74, 6) is 0.0720. The monoisotopic (exact) mass is 186 g/mol. The maximum absolute atomic E-state index is 11.3. The molecule has 1 saturated heterocycles. The van der Waals surface area contributed by atoms with Crippen LogP contribution in [-0.4, -0.2) is 30.2 Å². The van der Waals surface area contributed by atoms with E-state index in [0.717, 1.165) is 5.01 Å². The van der Waals surface area contributed by atoms with Crippen molar-refractivity contribution < 1.29 is 14.3 Å². The zero-order valence-corrected chi connectivity index (χ0v) is 8.03. The molecule has 1 N–H and O–H groups in total. The summed E-state index contributed by atoms with van der Waals surface area (Å²) in [6.45, 7) is 3.94. The van der Waals surface area contributed by atoms with Crippen LogP contribution in [0.5, 0.6) is 0 Å². The Morgan fingerprint density at radius 2 is 2.15 bits per heavy atom. The van der Waals surface area contributed by atoms with Crippen LogP contribution in [0.1, 0.15) is 20.3 Å². The summed E-state index contributed by atoms with van der Waals surface area (Å²) in [6, 6.07) is 0. The van der Waals surface area contributed by atoms with Crippen LogP contribution in [0, 0.1) is 5.92 Å².